The Bertz CT molecular complexity index is 1300. The van der Waals surface area contributed by atoms with Gasteiger partial charge < -0.3 is 9.67 Å². The van der Waals surface area contributed by atoms with Crippen molar-refractivity contribution in [1.82, 2.24) is 18.8 Å². The Balaban J connectivity index is 1.31. The van der Waals surface area contributed by atoms with Crippen molar-refractivity contribution < 1.29 is 5.11 Å². The van der Waals surface area contributed by atoms with Crippen LogP contribution in [0.5, 0.6) is 0 Å². The van der Waals surface area contributed by atoms with Gasteiger partial charge in [0.25, 0.3) is 11.1 Å². The minimum atomic E-state index is -0.786. The number of fused-ring (bicyclic) bond motifs is 4. The first-order valence-electron chi connectivity index (χ1n) is 11.4. The van der Waals surface area contributed by atoms with Gasteiger partial charge in [0.2, 0.25) is 0 Å². The van der Waals surface area contributed by atoms with Crippen LogP contribution < -0.4 is 11.1 Å². The Morgan fingerprint density at radius 2 is 1.88 bits per heavy atom. The summed E-state index contributed by atoms with van der Waals surface area (Å²) >= 11 is 0. The third-order valence-corrected chi connectivity index (χ3v) is 6.90. The van der Waals surface area contributed by atoms with E-state index in [0.29, 0.717) is 24.1 Å². The molecule has 1 fully saturated rings. The molecule has 0 amide bonds. The fourth-order valence-corrected chi connectivity index (χ4v) is 5.32. The van der Waals surface area contributed by atoms with Crippen molar-refractivity contribution in [2.75, 3.05) is 19.6 Å². The van der Waals surface area contributed by atoms with Crippen LogP contribution >= 0.6 is 0 Å². The second-order valence-electron chi connectivity index (χ2n) is 9.17. The van der Waals surface area contributed by atoms with Gasteiger partial charge in [0.1, 0.15) is 6.10 Å². The number of aliphatic hydroxyl groups excluding tert-OH is 1. The Hall–Kier alpha value is -3.23. The molecule has 3 unspecified atom stereocenters. The first kappa shape index (κ1) is 21.6. The number of likely N-dealkylation sites (tertiary alicyclic amines) is 1. The van der Waals surface area contributed by atoms with Crippen LogP contribution in [0.3, 0.4) is 0 Å². The molecule has 1 N–H and O–H groups in total. The highest BCUT2D eigenvalue weighted by molar-refractivity contribution is 5.68. The van der Waals surface area contributed by atoms with Crippen LogP contribution in [-0.4, -0.2) is 55.9 Å². The van der Waals surface area contributed by atoms with Gasteiger partial charge in [-0.05, 0) is 37.5 Å². The van der Waals surface area contributed by atoms with Crippen LogP contribution in [0.2, 0.25) is 0 Å². The summed E-state index contributed by atoms with van der Waals surface area (Å²) in [6, 6.07) is 14.9. The fourth-order valence-electron chi connectivity index (χ4n) is 5.32. The minimum absolute atomic E-state index is 0.0715. The van der Waals surface area contributed by atoms with Crippen LogP contribution in [0.15, 0.2) is 63.1 Å². The summed E-state index contributed by atoms with van der Waals surface area (Å²) in [6.45, 7) is 4.68. The Morgan fingerprint density at radius 3 is 2.67 bits per heavy atom. The maximum Gasteiger partial charge on any atom is 0.297 e. The summed E-state index contributed by atoms with van der Waals surface area (Å²) in [5.41, 5.74) is 2.80. The first-order chi connectivity index (χ1) is 15.9. The van der Waals surface area contributed by atoms with Gasteiger partial charge in [-0.25, -0.2) is 4.68 Å². The van der Waals surface area contributed by atoms with Crippen LogP contribution in [0.25, 0.3) is 5.69 Å². The smallest absolute Gasteiger partial charge is 0.297 e. The van der Waals surface area contributed by atoms with Crippen LogP contribution in [0.1, 0.15) is 23.7 Å². The molecule has 5 rings (SSSR count). The number of aliphatic hydroxyl groups is 1. The Morgan fingerprint density at radius 1 is 1.09 bits per heavy atom. The number of para-hydroxylation sites is 1. The van der Waals surface area contributed by atoms with Crippen LogP contribution in [-0.2, 0) is 13.6 Å². The van der Waals surface area contributed by atoms with Crippen molar-refractivity contribution in [2.45, 2.75) is 31.9 Å². The van der Waals surface area contributed by atoms with E-state index < -0.39 is 6.10 Å². The van der Waals surface area contributed by atoms with E-state index in [2.05, 4.69) is 9.89 Å². The zero-order valence-corrected chi connectivity index (χ0v) is 19.0. The van der Waals surface area contributed by atoms with Crippen molar-refractivity contribution in [3.05, 3.63) is 80.6 Å². The molecule has 2 aromatic heterocycles. The number of pyridine rings is 1. The molecule has 4 heterocycles. The third kappa shape index (κ3) is 4.00. The average molecular weight is 448 g/mol. The summed E-state index contributed by atoms with van der Waals surface area (Å²) in [4.78, 5) is 31.9. The van der Waals surface area contributed by atoms with Gasteiger partial charge in [-0.2, -0.15) is 0 Å². The van der Waals surface area contributed by atoms with Crippen molar-refractivity contribution in [2.24, 2.45) is 18.0 Å². The zero-order valence-electron chi connectivity index (χ0n) is 19.0. The van der Waals surface area contributed by atoms with E-state index in [1.807, 2.05) is 61.0 Å². The third-order valence-electron chi connectivity index (χ3n) is 6.90. The highest BCUT2D eigenvalue weighted by Crippen LogP contribution is 2.34. The summed E-state index contributed by atoms with van der Waals surface area (Å²) in [7, 11) is 1.83. The van der Waals surface area contributed by atoms with Crippen molar-refractivity contribution >= 4 is 11.9 Å². The molecule has 2 aliphatic rings. The summed E-state index contributed by atoms with van der Waals surface area (Å²) < 4.78 is 5.27. The zero-order chi connectivity index (χ0) is 23.1. The molecule has 3 atom stereocenters. The minimum Gasteiger partial charge on any atom is -0.386 e. The molecule has 1 aromatic carbocycles. The summed E-state index contributed by atoms with van der Waals surface area (Å²) in [5.74, 6) is 0.694. The molecule has 3 aromatic rings. The molecule has 2 bridgehead atoms. The SMILES string of the molecule is Cc1c(N=CC(O)CN2CC3CC(C2)c2cccc(=O)n2C3)c(=O)n(-c2ccccc2)n1C. The number of aliphatic imine (C=N–C) groups is 1. The lowest BCUT2D eigenvalue weighted by atomic mass is 9.83. The second-order valence-corrected chi connectivity index (χ2v) is 9.17. The number of aromatic nitrogens is 3. The van der Waals surface area contributed by atoms with Crippen molar-refractivity contribution in [1.29, 1.82) is 0 Å². The molecule has 33 heavy (non-hydrogen) atoms. The summed E-state index contributed by atoms with van der Waals surface area (Å²) in [5, 5.41) is 10.7. The molecule has 0 aliphatic carbocycles. The van der Waals surface area contributed by atoms with E-state index in [1.54, 1.807) is 15.4 Å². The largest absolute Gasteiger partial charge is 0.386 e. The van der Waals surface area contributed by atoms with Crippen LogP contribution in [0, 0.1) is 12.8 Å². The molecule has 172 valence electrons. The first-order valence-corrected chi connectivity index (χ1v) is 11.4. The molecule has 0 saturated carbocycles. The lowest BCUT2D eigenvalue weighted by Gasteiger charge is -2.43. The molecular weight excluding hydrogens is 418 g/mol. The molecule has 8 heteroatoms. The van der Waals surface area contributed by atoms with Crippen LogP contribution in [0.4, 0.5) is 5.69 Å². The highest BCUT2D eigenvalue weighted by atomic mass is 16.3. The number of nitrogens with zero attached hydrogens (tertiary/aromatic N) is 5. The lowest BCUT2D eigenvalue weighted by molar-refractivity contribution is 0.0868. The fraction of sp³-hybridized carbons (Fsp3) is 0.400. The summed E-state index contributed by atoms with van der Waals surface area (Å²) in [6.07, 6.45) is 1.76. The van der Waals surface area contributed by atoms with Crippen molar-refractivity contribution in [3.8, 4) is 5.69 Å². The maximum absolute atomic E-state index is 13.0. The van der Waals surface area contributed by atoms with Gasteiger partial charge in [-0.3, -0.25) is 24.2 Å². The highest BCUT2D eigenvalue weighted by Gasteiger charge is 2.34. The number of piperidine rings is 1. The van der Waals surface area contributed by atoms with E-state index in [1.165, 1.54) is 6.21 Å². The molecule has 0 spiro atoms. The maximum atomic E-state index is 13.0. The molecule has 1 saturated heterocycles. The number of rotatable bonds is 5. The van der Waals surface area contributed by atoms with E-state index in [4.69, 9.17) is 0 Å². The van der Waals surface area contributed by atoms with E-state index in [-0.39, 0.29) is 11.1 Å². The number of β-amino-alcohol motifs (C(OH)–C–C–N with tert-alkyl or cyclic N) is 1. The molecule has 8 nitrogen and oxygen atoms in total. The molecular formula is C25H29N5O3. The topological polar surface area (TPSA) is 84.8 Å². The van der Waals surface area contributed by atoms with Gasteiger partial charge in [0.15, 0.2) is 5.69 Å². The molecule has 0 radical (unpaired) electrons. The normalized spacial score (nSPS) is 21.3. The Labute approximate surface area is 192 Å². The predicted octanol–water partition coefficient (Wildman–Crippen LogP) is 1.83. The van der Waals surface area contributed by atoms with E-state index in [0.717, 1.165) is 43.1 Å². The van der Waals surface area contributed by atoms with Gasteiger partial charge >= 0.3 is 0 Å². The van der Waals surface area contributed by atoms with E-state index >= 15 is 0 Å². The van der Waals surface area contributed by atoms with Gasteiger partial charge in [-0.15, -0.1) is 0 Å². The van der Waals surface area contributed by atoms with E-state index in [9.17, 15) is 14.7 Å². The number of benzene rings is 1. The number of hydrogen-bond acceptors (Lipinski definition) is 5. The number of hydrogen-bond donors (Lipinski definition) is 1. The second kappa shape index (κ2) is 8.61. The average Bonchev–Trinajstić information content (AvgIpc) is 3.01. The lowest BCUT2D eigenvalue weighted by Crippen LogP contribution is -2.49. The monoisotopic (exact) mass is 447 g/mol. The Kier molecular flexibility index (Phi) is 5.64. The van der Waals surface area contributed by atoms with Gasteiger partial charge in [0, 0.05) is 57.1 Å². The quantitative estimate of drug-likeness (QED) is 0.605. The standard InChI is InChI=1S/C25H29N5O3/c1-17-24(25(33)30(27(17)2)20-7-4-3-5-8-20)26-12-21(31)16-28-13-18-11-19(15-28)22-9-6-10-23(32)29(22)14-18/h3-10,12,18-19,21,31H,11,13-16H2,1-2H3. The van der Waals surface area contributed by atoms with Crippen molar-refractivity contribution in [3.63, 3.8) is 0 Å². The van der Waals surface area contributed by atoms with Gasteiger partial charge in [0.05, 0.1) is 11.4 Å². The van der Waals surface area contributed by atoms with Gasteiger partial charge in [-0.1, -0.05) is 24.3 Å². The predicted molar refractivity (Wildman–Crippen MR) is 128 cm³/mol. The molecule has 2 aliphatic heterocycles.